The summed E-state index contributed by atoms with van der Waals surface area (Å²) in [4.78, 5) is 26.2. The number of carbonyl (C=O) groups excluding carboxylic acids is 1. The van der Waals surface area contributed by atoms with Crippen LogP contribution in [0.2, 0.25) is 0 Å². The Balaban J connectivity index is 1.68. The van der Waals surface area contributed by atoms with Gasteiger partial charge in [-0.15, -0.1) is 0 Å². The fourth-order valence-electron chi connectivity index (χ4n) is 3.34. The van der Waals surface area contributed by atoms with E-state index in [-0.39, 0.29) is 5.91 Å². The minimum Gasteiger partial charge on any atom is -0.463 e. The Morgan fingerprint density at radius 3 is 2.76 bits per heavy atom. The van der Waals surface area contributed by atoms with E-state index in [9.17, 15) is 4.79 Å². The summed E-state index contributed by atoms with van der Waals surface area (Å²) in [5.74, 6) is 1.46. The molecule has 4 rings (SSSR count). The molecule has 0 aliphatic heterocycles. The molecule has 1 aliphatic carbocycles. The maximum absolute atomic E-state index is 13.2. The first-order valence-electron chi connectivity index (χ1n) is 9.97. The number of nitrogens with zero attached hydrogens (tertiary/aromatic N) is 6. The topological polar surface area (TPSA) is 80.3 Å². The number of rotatable bonds is 8. The highest BCUT2D eigenvalue weighted by Crippen LogP contribution is 2.42. The van der Waals surface area contributed by atoms with E-state index in [1.807, 2.05) is 38.1 Å². The molecule has 0 saturated heterocycles. The molecule has 152 valence electrons. The number of amides is 1. The lowest BCUT2D eigenvalue weighted by Crippen LogP contribution is -2.36. The van der Waals surface area contributed by atoms with Crippen LogP contribution in [0.3, 0.4) is 0 Å². The molecule has 0 spiro atoms. The van der Waals surface area contributed by atoms with Gasteiger partial charge in [0.05, 0.1) is 23.7 Å². The molecule has 0 unspecified atom stereocenters. The van der Waals surface area contributed by atoms with E-state index >= 15 is 0 Å². The Morgan fingerprint density at radius 1 is 1.28 bits per heavy atom. The van der Waals surface area contributed by atoms with Crippen molar-refractivity contribution in [3.63, 3.8) is 0 Å². The second-order valence-corrected chi connectivity index (χ2v) is 7.54. The van der Waals surface area contributed by atoms with E-state index in [1.54, 1.807) is 29.4 Å². The van der Waals surface area contributed by atoms with Crippen LogP contribution < -0.4 is 0 Å². The lowest BCUT2D eigenvalue weighted by atomic mass is 10.1. The van der Waals surface area contributed by atoms with E-state index in [0.29, 0.717) is 42.0 Å². The molecule has 3 heterocycles. The fraction of sp³-hybridized carbons (Fsp3) is 0.429. The molecule has 3 aromatic heterocycles. The number of hydrogen-bond donors (Lipinski definition) is 0. The van der Waals surface area contributed by atoms with E-state index in [0.717, 1.165) is 25.1 Å². The van der Waals surface area contributed by atoms with Crippen molar-refractivity contribution in [2.45, 2.75) is 25.7 Å². The molecule has 1 saturated carbocycles. The largest absolute Gasteiger partial charge is 0.463 e. The zero-order valence-corrected chi connectivity index (χ0v) is 17.1. The maximum atomic E-state index is 13.2. The first kappa shape index (κ1) is 19.3. The molecule has 0 N–H and O–H groups in total. The second kappa shape index (κ2) is 8.16. The highest BCUT2D eigenvalue weighted by atomic mass is 16.3. The predicted molar refractivity (Wildman–Crippen MR) is 109 cm³/mol. The van der Waals surface area contributed by atoms with Gasteiger partial charge < -0.3 is 14.2 Å². The van der Waals surface area contributed by atoms with E-state index in [4.69, 9.17) is 4.42 Å². The van der Waals surface area contributed by atoms with Gasteiger partial charge in [0, 0.05) is 31.7 Å². The zero-order valence-electron chi connectivity index (χ0n) is 17.1. The SMILES string of the molecule is CCN(CCN(C)C)C(=O)c1cnn(-c2nccc(-c3ccco3)n2)c1C1CC1. The summed E-state index contributed by atoms with van der Waals surface area (Å²) in [5, 5.41) is 4.51. The van der Waals surface area contributed by atoms with Crippen molar-refractivity contribution in [1.29, 1.82) is 0 Å². The number of aromatic nitrogens is 4. The van der Waals surface area contributed by atoms with Crippen LogP contribution in [0.1, 0.15) is 41.7 Å². The fourth-order valence-corrected chi connectivity index (χ4v) is 3.34. The Kier molecular flexibility index (Phi) is 5.44. The van der Waals surface area contributed by atoms with Gasteiger partial charge in [-0.1, -0.05) is 0 Å². The summed E-state index contributed by atoms with van der Waals surface area (Å²) in [6.45, 7) is 4.17. The molecule has 1 aliphatic rings. The van der Waals surface area contributed by atoms with Gasteiger partial charge in [0.2, 0.25) is 0 Å². The highest BCUT2D eigenvalue weighted by Gasteiger charge is 2.34. The van der Waals surface area contributed by atoms with Gasteiger partial charge in [-0.25, -0.2) is 14.6 Å². The van der Waals surface area contributed by atoms with Crippen molar-refractivity contribution in [2.75, 3.05) is 33.7 Å². The Morgan fingerprint density at radius 2 is 2.10 bits per heavy atom. The van der Waals surface area contributed by atoms with Crippen LogP contribution in [0.4, 0.5) is 0 Å². The molecule has 0 atom stereocenters. The monoisotopic (exact) mass is 394 g/mol. The van der Waals surface area contributed by atoms with Crippen molar-refractivity contribution in [1.82, 2.24) is 29.5 Å². The molecular formula is C21H26N6O2. The Bertz CT molecular complexity index is 975. The average Bonchev–Trinajstić information content (AvgIpc) is 3.24. The molecule has 0 radical (unpaired) electrons. The summed E-state index contributed by atoms with van der Waals surface area (Å²) in [6, 6.07) is 5.48. The van der Waals surface area contributed by atoms with Gasteiger partial charge >= 0.3 is 0 Å². The van der Waals surface area contributed by atoms with Crippen LogP contribution >= 0.6 is 0 Å². The molecule has 3 aromatic rings. The highest BCUT2D eigenvalue weighted by molar-refractivity contribution is 5.95. The summed E-state index contributed by atoms with van der Waals surface area (Å²) in [7, 11) is 4.02. The van der Waals surface area contributed by atoms with Crippen molar-refractivity contribution in [3.8, 4) is 17.4 Å². The van der Waals surface area contributed by atoms with Gasteiger partial charge in [0.15, 0.2) is 5.76 Å². The normalized spacial score (nSPS) is 13.8. The Hall–Kier alpha value is -3.00. The smallest absolute Gasteiger partial charge is 0.257 e. The first-order valence-corrected chi connectivity index (χ1v) is 9.97. The molecule has 8 heteroatoms. The maximum Gasteiger partial charge on any atom is 0.257 e. The third kappa shape index (κ3) is 4.07. The summed E-state index contributed by atoms with van der Waals surface area (Å²) in [6.07, 6.45) is 7.07. The number of furan rings is 1. The predicted octanol–water partition coefficient (Wildman–Crippen LogP) is 2.82. The zero-order chi connectivity index (χ0) is 20.4. The van der Waals surface area contributed by atoms with E-state index in [1.165, 1.54) is 0 Å². The van der Waals surface area contributed by atoms with Gasteiger partial charge in [-0.3, -0.25) is 4.79 Å². The average molecular weight is 394 g/mol. The van der Waals surface area contributed by atoms with Crippen LogP contribution in [0.5, 0.6) is 0 Å². The second-order valence-electron chi connectivity index (χ2n) is 7.54. The lowest BCUT2D eigenvalue weighted by Gasteiger charge is -2.23. The van der Waals surface area contributed by atoms with Crippen molar-refractivity contribution >= 4 is 5.91 Å². The van der Waals surface area contributed by atoms with Gasteiger partial charge in [0.25, 0.3) is 11.9 Å². The van der Waals surface area contributed by atoms with Gasteiger partial charge in [-0.2, -0.15) is 5.10 Å². The summed E-state index contributed by atoms with van der Waals surface area (Å²) in [5.41, 5.74) is 2.25. The van der Waals surface area contributed by atoms with Crippen molar-refractivity contribution in [2.24, 2.45) is 0 Å². The van der Waals surface area contributed by atoms with Crippen LogP contribution in [0.25, 0.3) is 17.4 Å². The minimum atomic E-state index is 0.0182. The molecule has 1 amide bonds. The number of carbonyl (C=O) groups is 1. The lowest BCUT2D eigenvalue weighted by molar-refractivity contribution is 0.0753. The van der Waals surface area contributed by atoms with Crippen LogP contribution in [-0.2, 0) is 0 Å². The standard InChI is InChI=1S/C21H26N6O2/c1-4-26(12-11-25(2)3)20(28)16-14-23-27(19(16)15-7-8-15)21-22-10-9-17(24-21)18-6-5-13-29-18/h5-6,9-10,13-15H,4,7-8,11-12H2,1-3H3. The molecule has 29 heavy (non-hydrogen) atoms. The molecule has 0 bridgehead atoms. The summed E-state index contributed by atoms with van der Waals surface area (Å²) < 4.78 is 7.17. The molecular weight excluding hydrogens is 368 g/mol. The molecule has 0 aromatic carbocycles. The van der Waals surface area contributed by atoms with Crippen LogP contribution in [0.15, 0.2) is 41.3 Å². The quantitative estimate of drug-likeness (QED) is 0.584. The van der Waals surface area contributed by atoms with Crippen LogP contribution in [-0.4, -0.2) is 69.2 Å². The molecule has 8 nitrogen and oxygen atoms in total. The van der Waals surface area contributed by atoms with Gasteiger partial charge in [0.1, 0.15) is 5.69 Å². The molecule has 1 fully saturated rings. The first-order chi connectivity index (χ1) is 14.1. The summed E-state index contributed by atoms with van der Waals surface area (Å²) >= 11 is 0. The third-order valence-corrected chi connectivity index (χ3v) is 5.09. The Labute approximate surface area is 170 Å². The minimum absolute atomic E-state index is 0.0182. The van der Waals surface area contributed by atoms with E-state index in [2.05, 4.69) is 20.0 Å². The number of hydrogen-bond acceptors (Lipinski definition) is 6. The van der Waals surface area contributed by atoms with Gasteiger partial charge in [-0.05, 0) is 52.1 Å². The van der Waals surface area contributed by atoms with Crippen molar-refractivity contribution < 1.29 is 9.21 Å². The third-order valence-electron chi connectivity index (χ3n) is 5.09. The van der Waals surface area contributed by atoms with E-state index < -0.39 is 0 Å². The van der Waals surface area contributed by atoms with Crippen LogP contribution in [0, 0.1) is 0 Å². The number of likely N-dealkylation sites (N-methyl/N-ethyl adjacent to an activating group) is 2. The van der Waals surface area contributed by atoms with Crippen molar-refractivity contribution in [3.05, 3.63) is 48.1 Å².